The largest absolute Gasteiger partial charge is 0.309 e. The van der Waals surface area contributed by atoms with Gasteiger partial charge >= 0.3 is 0 Å². The molecule has 57 heavy (non-hydrogen) atoms. The molecule has 0 fully saturated rings. The summed E-state index contributed by atoms with van der Waals surface area (Å²) in [6.45, 7) is 0. The number of hydrogen-bond acceptors (Lipinski definition) is 3. The number of hydrogen-bond donors (Lipinski definition) is 0. The first kappa shape index (κ1) is 30.9. The van der Waals surface area contributed by atoms with Gasteiger partial charge in [-0.1, -0.05) is 133 Å². The Bertz CT molecular complexity index is 3830. The van der Waals surface area contributed by atoms with Gasteiger partial charge in [0, 0.05) is 58.4 Å². The smallest absolute Gasteiger partial charge is 0.235 e. The minimum Gasteiger partial charge on any atom is -0.309 e. The second-order valence-electron chi connectivity index (χ2n) is 14.9. The fraction of sp³-hybridized carbons (Fsp3) is 0. The number of para-hydroxylation sites is 2. The van der Waals surface area contributed by atoms with Gasteiger partial charge in [0.1, 0.15) is 0 Å². The summed E-state index contributed by atoms with van der Waals surface area (Å²) >= 11 is 1.83. The Morgan fingerprint density at radius 3 is 1.77 bits per heavy atom. The first-order valence-corrected chi connectivity index (χ1v) is 20.2. The molecule has 0 aliphatic heterocycles. The summed E-state index contributed by atoms with van der Waals surface area (Å²) in [5.74, 6) is 0.654. The number of nitrogens with zero attached hydrogens (tertiary/aromatic N) is 4. The average molecular weight is 743 g/mol. The maximum Gasteiger partial charge on any atom is 0.235 e. The van der Waals surface area contributed by atoms with Crippen molar-refractivity contribution in [1.29, 1.82) is 0 Å². The van der Waals surface area contributed by atoms with Crippen molar-refractivity contribution in [3.05, 3.63) is 182 Å². The number of aromatic nitrogens is 4. The highest BCUT2D eigenvalue weighted by Crippen LogP contribution is 2.43. The summed E-state index contributed by atoms with van der Waals surface area (Å²) in [7, 11) is 0. The molecule has 264 valence electrons. The maximum atomic E-state index is 5.61. The lowest BCUT2D eigenvalue weighted by Gasteiger charge is -2.13. The summed E-state index contributed by atoms with van der Waals surface area (Å²) in [5, 5.41) is 13.3. The van der Waals surface area contributed by atoms with E-state index in [4.69, 9.17) is 9.97 Å². The van der Waals surface area contributed by atoms with Crippen LogP contribution in [0.2, 0.25) is 0 Å². The molecule has 0 N–H and O–H groups in total. The quantitative estimate of drug-likeness (QED) is 0.181. The summed E-state index contributed by atoms with van der Waals surface area (Å²) in [6.07, 6.45) is 0. The van der Waals surface area contributed by atoms with E-state index in [0.717, 1.165) is 38.9 Å². The standard InChI is InChI=1S/C52H30N4S/c1-3-14-34-31(12-1)24-28-43-48(34)37-17-6-9-21-42(37)55(43)33-26-27-38-45(30-33)56(44-29-25-32-13-2-4-15-35(32)49(38)44)52-53-41-20-8-5-16-36(41)51(54-52)40-19-11-23-47-50(40)39-18-7-10-22-46(39)57-47/h1-30H. The van der Waals surface area contributed by atoms with Crippen LogP contribution < -0.4 is 0 Å². The Morgan fingerprint density at radius 1 is 0.368 bits per heavy atom. The molecule has 13 aromatic rings. The average Bonchev–Trinajstić information content (AvgIpc) is 3.94. The van der Waals surface area contributed by atoms with Gasteiger partial charge in [0.15, 0.2) is 0 Å². The number of rotatable bonds is 3. The Hall–Kier alpha value is -7.34. The van der Waals surface area contributed by atoms with Gasteiger partial charge in [-0.3, -0.25) is 4.57 Å². The summed E-state index contributed by atoms with van der Waals surface area (Å²) < 4.78 is 7.25. The van der Waals surface area contributed by atoms with Crippen LogP contribution in [0.25, 0.3) is 119 Å². The molecular weight excluding hydrogens is 713 g/mol. The minimum atomic E-state index is 0.654. The molecule has 0 radical (unpaired) electrons. The molecule has 0 saturated carbocycles. The van der Waals surface area contributed by atoms with Crippen LogP contribution in [0.5, 0.6) is 0 Å². The van der Waals surface area contributed by atoms with E-state index in [-0.39, 0.29) is 0 Å². The lowest BCUT2D eigenvalue weighted by Crippen LogP contribution is -2.04. The zero-order valence-corrected chi connectivity index (χ0v) is 31.3. The van der Waals surface area contributed by atoms with Crippen LogP contribution in [-0.2, 0) is 0 Å². The van der Waals surface area contributed by atoms with E-state index in [0.29, 0.717) is 5.95 Å². The van der Waals surface area contributed by atoms with E-state index in [1.54, 1.807) is 0 Å². The Labute approximate surface area is 330 Å². The molecular formula is C52H30N4S. The van der Waals surface area contributed by atoms with Gasteiger partial charge in [-0.2, -0.15) is 0 Å². The number of benzene rings is 9. The van der Waals surface area contributed by atoms with Gasteiger partial charge in [-0.25, -0.2) is 9.97 Å². The van der Waals surface area contributed by atoms with E-state index in [2.05, 4.69) is 191 Å². The summed E-state index contributed by atoms with van der Waals surface area (Å²) in [4.78, 5) is 11.0. The maximum absolute atomic E-state index is 5.61. The van der Waals surface area contributed by atoms with Crippen LogP contribution in [0.4, 0.5) is 0 Å². The van der Waals surface area contributed by atoms with Crippen molar-refractivity contribution in [3.63, 3.8) is 0 Å². The van der Waals surface area contributed by atoms with Gasteiger partial charge < -0.3 is 4.57 Å². The molecule has 4 nitrogen and oxygen atoms in total. The minimum absolute atomic E-state index is 0.654. The van der Waals surface area contributed by atoms with Crippen LogP contribution in [0.3, 0.4) is 0 Å². The van der Waals surface area contributed by atoms with Crippen molar-refractivity contribution in [1.82, 2.24) is 19.1 Å². The zero-order chi connectivity index (χ0) is 37.2. The van der Waals surface area contributed by atoms with Gasteiger partial charge in [0.05, 0.1) is 33.3 Å². The molecule has 5 heteroatoms. The van der Waals surface area contributed by atoms with Crippen molar-refractivity contribution in [2.75, 3.05) is 0 Å². The summed E-state index contributed by atoms with van der Waals surface area (Å²) in [5.41, 5.74) is 8.56. The first-order chi connectivity index (χ1) is 28.3. The predicted octanol–water partition coefficient (Wildman–Crippen LogP) is 14.2. The Morgan fingerprint density at radius 2 is 0.982 bits per heavy atom. The third kappa shape index (κ3) is 4.32. The molecule has 0 amide bonds. The molecule has 4 heterocycles. The van der Waals surface area contributed by atoms with Gasteiger partial charge in [0.2, 0.25) is 5.95 Å². The van der Waals surface area contributed by atoms with E-state index in [1.165, 1.54) is 74.3 Å². The van der Waals surface area contributed by atoms with Crippen LogP contribution in [0, 0.1) is 0 Å². The molecule has 0 atom stereocenters. The Balaban J connectivity index is 1.16. The van der Waals surface area contributed by atoms with Crippen molar-refractivity contribution >= 4 is 108 Å². The topological polar surface area (TPSA) is 35.6 Å². The van der Waals surface area contributed by atoms with E-state index in [1.807, 2.05) is 11.3 Å². The fourth-order valence-corrected chi connectivity index (χ4v) is 10.6. The van der Waals surface area contributed by atoms with Crippen LogP contribution in [0.15, 0.2) is 182 Å². The Kier molecular flexibility index (Phi) is 6.29. The van der Waals surface area contributed by atoms with E-state index < -0.39 is 0 Å². The number of thiophene rings is 1. The second kappa shape index (κ2) is 11.6. The monoisotopic (exact) mass is 742 g/mol. The van der Waals surface area contributed by atoms with E-state index in [9.17, 15) is 0 Å². The highest BCUT2D eigenvalue weighted by Gasteiger charge is 2.22. The van der Waals surface area contributed by atoms with Gasteiger partial charge in [-0.15, -0.1) is 11.3 Å². The third-order valence-electron chi connectivity index (χ3n) is 11.9. The van der Waals surface area contributed by atoms with Crippen molar-refractivity contribution < 1.29 is 0 Å². The van der Waals surface area contributed by atoms with Gasteiger partial charge in [0.25, 0.3) is 0 Å². The molecule has 0 unspecified atom stereocenters. The molecule has 0 spiro atoms. The lowest BCUT2D eigenvalue weighted by atomic mass is 10.0. The van der Waals surface area contributed by atoms with Crippen LogP contribution in [-0.4, -0.2) is 19.1 Å². The summed E-state index contributed by atoms with van der Waals surface area (Å²) in [6, 6.07) is 65.9. The van der Waals surface area contributed by atoms with Crippen LogP contribution in [0.1, 0.15) is 0 Å². The van der Waals surface area contributed by atoms with Gasteiger partial charge in [-0.05, 0) is 70.1 Å². The molecule has 0 aliphatic carbocycles. The zero-order valence-electron chi connectivity index (χ0n) is 30.5. The second-order valence-corrected chi connectivity index (χ2v) is 16.0. The molecule has 9 aromatic carbocycles. The highest BCUT2D eigenvalue weighted by atomic mass is 32.1. The third-order valence-corrected chi connectivity index (χ3v) is 13.0. The lowest BCUT2D eigenvalue weighted by molar-refractivity contribution is 1.01. The van der Waals surface area contributed by atoms with Crippen molar-refractivity contribution in [3.8, 4) is 22.9 Å². The SMILES string of the molecule is c1ccc2c(c1)ccc1c2c2ccccc2n1-c1ccc2c3c4ccccc4ccc3n(-c3nc(-c4cccc5sc6ccccc6c45)c4ccccc4n3)c2c1. The molecule has 13 rings (SSSR count). The molecule has 4 aromatic heterocycles. The highest BCUT2D eigenvalue weighted by molar-refractivity contribution is 7.25. The van der Waals surface area contributed by atoms with Crippen molar-refractivity contribution in [2.45, 2.75) is 0 Å². The normalized spacial score (nSPS) is 12.2. The van der Waals surface area contributed by atoms with Crippen molar-refractivity contribution in [2.24, 2.45) is 0 Å². The van der Waals surface area contributed by atoms with Crippen LogP contribution >= 0.6 is 11.3 Å². The molecule has 0 aliphatic rings. The number of fused-ring (bicyclic) bond motifs is 14. The fourth-order valence-electron chi connectivity index (χ4n) is 9.49. The predicted molar refractivity (Wildman–Crippen MR) is 242 cm³/mol. The molecule has 0 saturated heterocycles. The first-order valence-electron chi connectivity index (χ1n) is 19.3. The van der Waals surface area contributed by atoms with E-state index >= 15 is 0 Å². The molecule has 0 bridgehead atoms.